The number of thiophene rings is 1. The molecule has 0 N–H and O–H groups in total. The van der Waals surface area contributed by atoms with Gasteiger partial charge in [0.2, 0.25) is 0 Å². The van der Waals surface area contributed by atoms with Crippen molar-refractivity contribution in [3.05, 3.63) is 62.0 Å². The summed E-state index contributed by atoms with van der Waals surface area (Å²) >= 11 is 13.4. The van der Waals surface area contributed by atoms with E-state index in [2.05, 4.69) is 11.5 Å². The van der Waals surface area contributed by atoms with Crippen LogP contribution in [0.15, 0.2) is 35.9 Å². The second-order valence-corrected chi connectivity index (χ2v) is 7.76. The van der Waals surface area contributed by atoms with Crippen molar-refractivity contribution in [2.45, 2.75) is 32.1 Å². The van der Waals surface area contributed by atoms with Gasteiger partial charge in [-0.25, -0.2) is 0 Å². The van der Waals surface area contributed by atoms with Crippen LogP contribution in [-0.4, -0.2) is 6.61 Å². The first-order chi connectivity index (χ1) is 11.6. The van der Waals surface area contributed by atoms with Gasteiger partial charge < -0.3 is 4.74 Å². The van der Waals surface area contributed by atoms with Crippen molar-refractivity contribution < 1.29 is 41.8 Å². The summed E-state index contributed by atoms with van der Waals surface area (Å²) in [5, 5.41) is 4.00. The van der Waals surface area contributed by atoms with E-state index in [1.54, 1.807) is 18.2 Å². The third kappa shape index (κ3) is 6.32. The Morgan fingerprint density at radius 2 is 1.96 bits per heavy atom. The first-order valence-electron chi connectivity index (χ1n) is 8.04. The molecule has 0 bridgehead atoms. The number of ether oxygens (including phenoxy) is 1. The molecular formula is C19H18Cl2FOSY-. The Balaban J connectivity index is 0.00000225. The second kappa shape index (κ2) is 10.4. The molecule has 0 aliphatic heterocycles. The molecule has 1 aliphatic carbocycles. The van der Waals surface area contributed by atoms with E-state index >= 15 is 0 Å². The Morgan fingerprint density at radius 1 is 1.20 bits per heavy atom. The monoisotopic (exact) mass is 472 g/mol. The molecule has 25 heavy (non-hydrogen) atoms. The molecule has 1 aliphatic rings. The normalized spacial score (nSPS) is 16.4. The summed E-state index contributed by atoms with van der Waals surface area (Å²) in [7, 11) is 0. The van der Waals surface area contributed by atoms with E-state index < -0.39 is 0 Å². The number of benzene rings is 1. The van der Waals surface area contributed by atoms with Gasteiger partial charge in [-0.1, -0.05) is 47.7 Å². The fraction of sp³-hybridized carbons (Fsp3) is 0.368. The first-order valence-corrected chi connectivity index (χ1v) is 9.61. The zero-order chi connectivity index (χ0) is 16.9. The van der Waals surface area contributed by atoms with Crippen molar-refractivity contribution in [2.75, 3.05) is 6.61 Å². The Kier molecular flexibility index (Phi) is 8.91. The molecule has 0 spiro atoms. The topological polar surface area (TPSA) is 9.23 Å². The van der Waals surface area contributed by atoms with Gasteiger partial charge in [0.05, 0.1) is 6.61 Å². The van der Waals surface area contributed by atoms with Gasteiger partial charge >= 0.3 is 0 Å². The average molecular weight is 473 g/mol. The van der Waals surface area contributed by atoms with Crippen molar-refractivity contribution in [2.24, 2.45) is 5.92 Å². The van der Waals surface area contributed by atoms with Gasteiger partial charge in [-0.15, -0.1) is 16.3 Å². The molecule has 0 unspecified atom stereocenters. The van der Waals surface area contributed by atoms with E-state index in [9.17, 15) is 4.39 Å². The van der Waals surface area contributed by atoms with Crippen LogP contribution < -0.4 is 4.74 Å². The van der Waals surface area contributed by atoms with Crippen molar-refractivity contribution in [1.82, 2.24) is 0 Å². The molecule has 1 aromatic carbocycles. The molecule has 1 radical (unpaired) electrons. The third-order valence-electron chi connectivity index (χ3n) is 4.24. The van der Waals surface area contributed by atoms with Gasteiger partial charge in [0, 0.05) is 48.7 Å². The summed E-state index contributed by atoms with van der Waals surface area (Å²) in [4.78, 5) is 0.801. The van der Waals surface area contributed by atoms with Crippen LogP contribution in [0, 0.1) is 17.1 Å². The number of rotatable bonds is 7. The third-order valence-corrected chi connectivity index (χ3v) is 5.55. The Bertz CT molecular complexity index is 712. The zero-order valence-electron chi connectivity index (χ0n) is 13.7. The number of allylic oxidation sites excluding steroid dienone is 1. The van der Waals surface area contributed by atoms with E-state index in [1.807, 2.05) is 0 Å². The minimum Gasteiger partial charge on any atom is -0.493 e. The van der Waals surface area contributed by atoms with E-state index in [-0.39, 0.29) is 38.5 Å². The maximum atomic E-state index is 13.4. The number of hydrogen-bond acceptors (Lipinski definition) is 2. The van der Waals surface area contributed by atoms with Crippen LogP contribution >= 0.6 is 34.5 Å². The van der Waals surface area contributed by atoms with Crippen LogP contribution in [0.1, 0.15) is 30.6 Å². The van der Waals surface area contributed by atoms with Crippen molar-refractivity contribution in [1.29, 1.82) is 0 Å². The summed E-state index contributed by atoms with van der Waals surface area (Å²) < 4.78 is 19.3. The summed E-state index contributed by atoms with van der Waals surface area (Å²) in [5.74, 6) is 0.996. The molecule has 3 rings (SSSR count). The molecule has 131 valence electrons. The summed E-state index contributed by atoms with van der Waals surface area (Å²) in [6.07, 6.45) is 7.20. The Hall–Kier alpha value is 0.0739. The minimum absolute atomic E-state index is 0. The predicted octanol–water partition coefficient (Wildman–Crippen LogP) is 6.73. The summed E-state index contributed by atoms with van der Waals surface area (Å²) in [6, 6.07) is 6.67. The van der Waals surface area contributed by atoms with Gasteiger partial charge in [-0.05, 0) is 43.3 Å². The molecule has 6 heteroatoms. The molecule has 0 amide bonds. The van der Waals surface area contributed by atoms with Crippen LogP contribution in [0.3, 0.4) is 0 Å². The Morgan fingerprint density at radius 3 is 2.64 bits per heavy atom. The van der Waals surface area contributed by atoms with E-state index in [1.165, 1.54) is 23.0 Å². The van der Waals surface area contributed by atoms with Crippen LogP contribution in [0.2, 0.25) is 10.0 Å². The van der Waals surface area contributed by atoms with E-state index in [0.29, 0.717) is 28.3 Å². The molecule has 1 atom stereocenters. The molecular weight excluding hydrogens is 455 g/mol. The average Bonchev–Trinajstić information content (AvgIpc) is 3.14. The molecule has 2 aromatic rings. The van der Waals surface area contributed by atoms with Crippen molar-refractivity contribution in [3.63, 3.8) is 0 Å². The standard InChI is InChI=1S/C19H18Cl2FOS.Y/c20-15-9-16(21)11-17(10-15)23-12-14-5-1-3-13(14)4-2-6-19-18(22)7-8-24-19;/h3,7,9-11,14H,1-2,4-6,12H2;/q-1;/t14-;/m1./s1. The Labute approximate surface area is 187 Å². The summed E-state index contributed by atoms with van der Waals surface area (Å²) in [5.41, 5.74) is 1.42. The SMILES string of the molecule is Fc1c[c-]sc1CCCC1=CCC[C@@H]1COc1cc(Cl)cc(Cl)c1.[Y]. The molecule has 0 saturated heterocycles. The quantitative estimate of drug-likeness (QED) is 0.320. The first kappa shape index (κ1) is 21.4. The molecule has 1 heterocycles. The fourth-order valence-electron chi connectivity index (χ4n) is 3.03. The van der Waals surface area contributed by atoms with Gasteiger partial charge in [0.15, 0.2) is 0 Å². The fourth-order valence-corrected chi connectivity index (χ4v) is 4.25. The van der Waals surface area contributed by atoms with Crippen molar-refractivity contribution >= 4 is 34.5 Å². The number of hydrogen-bond donors (Lipinski definition) is 0. The van der Waals surface area contributed by atoms with Gasteiger partial charge in [0.25, 0.3) is 0 Å². The van der Waals surface area contributed by atoms with Crippen LogP contribution in [-0.2, 0) is 39.1 Å². The molecule has 0 fully saturated rings. The van der Waals surface area contributed by atoms with Gasteiger partial charge in [-0.3, -0.25) is 15.7 Å². The summed E-state index contributed by atoms with van der Waals surface area (Å²) in [6.45, 7) is 0.629. The second-order valence-electron chi connectivity index (χ2n) is 5.96. The van der Waals surface area contributed by atoms with Crippen LogP contribution in [0.25, 0.3) is 0 Å². The largest absolute Gasteiger partial charge is 0.493 e. The number of halogens is 3. The van der Waals surface area contributed by atoms with E-state index in [4.69, 9.17) is 27.9 Å². The predicted molar refractivity (Wildman–Crippen MR) is 98.8 cm³/mol. The zero-order valence-corrected chi connectivity index (χ0v) is 18.9. The van der Waals surface area contributed by atoms with Crippen molar-refractivity contribution in [3.8, 4) is 5.75 Å². The smallest absolute Gasteiger partial charge is 0.122 e. The maximum absolute atomic E-state index is 13.4. The van der Waals surface area contributed by atoms with Gasteiger partial charge in [-0.2, -0.15) is 0 Å². The minimum atomic E-state index is -0.127. The van der Waals surface area contributed by atoms with E-state index in [0.717, 1.165) is 37.0 Å². The molecule has 0 saturated carbocycles. The number of aryl methyl sites for hydroxylation is 1. The van der Waals surface area contributed by atoms with Crippen LogP contribution in [0.4, 0.5) is 4.39 Å². The molecule has 1 aromatic heterocycles. The molecule has 1 nitrogen and oxygen atoms in total. The maximum Gasteiger partial charge on any atom is 0.122 e. The van der Waals surface area contributed by atoms with Crippen LogP contribution in [0.5, 0.6) is 5.75 Å². The van der Waals surface area contributed by atoms with Gasteiger partial charge in [0.1, 0.15) is 5.75 Å².